The van der Waals surface area contributed by atoms with E-state index in [0.29, 0.717) is 5.69 Å². The van der Waals surface area contributed by atoms with Gasteiger partial charge in [-0.3, -0.25) is 4.79 Å². The van der Waals surface area contributed by atoms with Gasteiger partial charge in [-0.2, -0.15) is 0 Å². The number of nitrogens with zero attached hydrogens (tertiary/aromatic N) is 3. The van der Waals surface area contributed by atoms with E-state index < -0.39 is 11.7 Å². The first-order valence-electron chi connectivity index (χ1n) is 10.8. The maximum absolute atomic E-state index is 14.8. The zero-order valence-corrected chi connectivity index (χ0v) is 20.0. The SMILES string of the molecule is Cc1c(NC(=O)c2ccc(-c3ccccc3)cc2F)ccc2nc(N(C)CCN(C)C)sc12. The van der Waals surface area contributed by atoms with Crippen LogP contribution in [0, 0.1) is 12.7 Å². The third kappa shape index (κ3) is 5.05. The van der Waals surface area contributed by atoms with E-state index in [4.69, 9.17) is 4.98 Å². The smallest absolute Gasteiger partial charge is 0.258 e. The Hall–Kier alpha value is -3.29. The minimum absolute atomic E-state index is 0.0163. The molecule has 7 heteroatoms. The molecule has 0 aliphatic carbocycles. The van der Waals surface area contributed by atoms with Crippen molar-refractivity contribution in [3.8, 4) is 11.1 Å². The first kappa shape index (κ1) is 22.9. The zero-order chi connectivity index (χ0) is 23.5. The largest absolute Gasteiger partial charge is 0.350 e. The van der Waals surface area contributed by atoms with E-state index in [1.54, 1.807) is 17.4 Å². The summed E-state index contributed by atoms with van der Waals surface area (Å²) in [7, 11) is 6.12. The van der Waals surface area contributed by atoms with Gasteiger partial charge in [-0.05, 0) is 62.0 Å². The van der Waals surface area contributed by atoms with E-state index in [2.05, 4.69) is 15.1 Å². The van der Waals surface area contributed by atoms with E-state index in [1.165, 1.54) is 12.1 Å². The van der Waals surface area contributed by atoms with Crippen molar-refractivity contribution in [1.29, 1.82) is 0 Å². The molecule has 0 radical (unpaired) electrons. The number of likely N-dealkylation sites (N-methyl/N-ethyl adjacent to an activating group) is 2. The van der Waals surface area contributed by atoms with E-state index in [9.17, 15) is 9.18 Å². The Morgan fingerprint density at radius 1 is 1.00 bits per heavy atom. The third-order valence-corrected chi connectivity index (χ3v) is 6.88. The van der Waals surface area contributed by atoms with Crippen molar-refractivity contribution in [3.05, 3.63) is 77.6 Å². The Bertz CT molecular complexity index is 1290. The number of halogens is 1. The van der Waals surface area contributed by atoms with Crippen LogP contribution in [0.15, 0.2) is 60.7 Å². The zero-order valence-electron chi connectivity index (χ0n) is 19.2. The Morgan fingerprint density at radius 3 is 2.45 bits per heavy atom. The van der Waals surface area contributed by atoms with Crippen molar-refractivity contribution in [1.82, 2.24) is 9.88 Å². The normalized spacial score (nSPS) is 11.2. The van der Waals surface area contributed by atoms with Gasteiger partial charge in [0.15, 0.2) is 5.13 Å². The lowest BCUT2D eigenvalue weighted by molar-refractivity contribution is 0.102. The molecular weight excluding hydrogens is 435 g/mol. The summed E-state index contributed by atoms with van der Waals surface area (Å²) in [6.07, 6.45) is 0. The first-order chi connectivity index (χ1) is 15.8. The number of thiazole rings is 1. The van der Waals surface area contributed by atoms with Crippen LogP contribution in [0.4, 0.5) is 15.2 Å². The molecule has 1 aromatic heterocycles. The van der Waals surface area contributed by atoms with E-state index in [1.807, 2.05) is 70.5 Å². The van der Waals surface area contributed by atoms with E-state index in [-0.39, 0.29) is 5.56 Å². The topological polar surface area (TPSA) is 48.5 Å². The van der Waals surface area contributed by atoms with Crippen molar-refractivity contribution in [2.75, 3.05) is 44.4 Å². The number of fused-ring (bicyclic) bond motifs is 1. The van der Waals surface area contributed by atoms with Gasteiger partial charge in [0.25, 0.3) is 5.91 Å². The third-order valence-electron chi connectivity index (χ3n) is 5.57. The van der Waals surface area contributed by atoms with Gasteiger partial charge < -0.3 is 15.1 Å². The molecule has 3 aromatic carbocycles. The van der Waals surface area contributed by atoms with E-state index >= 15 is 0 Å². The summed E-state index contributed by atoms with van der Waals surface area (Å²) < 4.78 is 15.8. The molecule has 4 aromatic rings. The summed E-state index contributed by atoms with van der Waals surface area (Å²) in [4.78, 5) is 21.9. The molecule has 0 aliphatic rings. The van der Waals surface area contributed by atoms with Crippen LogP contribution in [0.1, 0.15) is 15.9 Å². The minimum atomic E-state index is -0.546. The Labute approximate surface area is 197 Å². The fraction of sp³-hybridized carbons (Fsp3) is 0.231. The van der Waals surface area contributed by atoms with Crippen LogP contribution in [0.2, 0.25) is 0 Å². The molecule has 0 saturated carbocycles. The predicted molar refractivity (Wildman–Crippen MR) is 136 cm³/mol. The second-order valence-electron chi connectivity index (χ2n) is 8.32. The fourth-order valence-corrected chi connectivity index (χ4v) is 4.61. The highest BCUT2D eigenvalue weighted by Crippen LogP contribution is 2.34. The number of carbonyl (C=O) groups excluding carboxylic acids is 1. The quantitative estimate of drug-likeness (QED) is 0.385. The number of aromatic nitrogens is 1. The molecule has 33 heavy (non-hydrogen) atoms. The molecule has 170 valence electrons. The van der Waals surface area contributed by atoms with Crippen molar-refractivity contribution < 1.29 is 9.18 Å². The van der Waals surface area contributed by atoms with Gasteiger partial charge in [0, 0.05) is 25.8 Å². The van der Waals surface area contributed by atoms with Crippen molar-refractivity contribution in [2.45, 2.75) is 6.92 Å². The summed E-state index contributed by atoms with van der Waals surface area (Å²) >= 11 is 1.59. The number of hydrogen-bond donors (Lipinski definition) is 1. The second kappa shape index (κ2) is 9.68. The lowest BCUT2D eigenvalue weighted by Crippen LogP contribution is -2.28. The maximum Gasteiger partial charge on any atom is 0.258 e. The molecule has 1 amide bonds. The number of nitrogens with one attached hydrogen (secondary N) is 1. The Kier molecular flexibility index (Phi) is 6.72. The highest BCUT2D eigenvalue weighted by molar-refractivity contribution is 7.22. The lowest BCUT2D eigenvalue weighted by atomic mass is 10.0. The van der Waals surface area contributed by atoms with Crippen LogP contribution >= 0.6 is 11.3 Å². The number of benzene rings is 3. The number of amides is 1. The van der Waals surface area contributed by atoms with E-state index in [0.717, 1.165) is 45.1 Å². The molecule has 0 spiro atoms. The lowest BCUT2D eigenvalue weighted by Gasteiger charge is -2.18. The van der Waals surface area contributed by atoms with Gasteiger partial charge in [-0.1, -0.05) is 47.7 Å². The summed E-state index contributed by atoms with van der Waals surface area (Å²) in [6.45, 7) is 3.75. The molecule has 0 fully saturated rings. The average Bonchev–Trinajstić information content (AvgIpc) is 3.25. The van der Waals surface area contributed by atoms with Gasteiger partial charge >= 0.3 is 0 Å². The monoisotopic (exact) mass is 462 g/mol. The molecule has 0 aliphatic heterocycles. The van der Waals surface area contributed by atoms with Crippen LogP contribution in [-0.2, 0) is 0 Å². The van der Waals surface area contributed by atoms with Gasteiger partial charge in [-0.25, -0.2) is 9.37 Å². The molecule has 1 heterocycles. The average molecular weight is 463 g/mol. The molecule has 4 rings (SSSR count). The summed E-state index contributed by atoms with van der Waals surface area (Å²) in [5.74, 6) is -1.02. The first-order valence-corrected chi connectivity index (χ1v) is 11.6. The van der Waals surface area contributed by atoms with Crippen LogP contribution in [0.3, 0.4) is 0 Å². The number of carbonyl (C=O) groups is 1. The number of anilines is 2. The summed E-state index contributed by atoms with van der Waals surface area (Å²) in [5.41, 5.74) is 4.12. The van der Waals surface area contributed by atoms with Gasteiger partial charge in [-0.15, -0.1) is 0 Å². The standard InChI is InChI=1S/C26H27FN4OS/c1-17-22(12-13-23-24(17)33-26(29-23)31(4)15-14-30(2)3)28-25(32)20-11-10-19(16-21(20)27)18-8-6-5-7-9-18/h5-13,16H,14-15H2,1-4H3,(H,28,32). The molecule has 0 bridgehead atoms. The van der Waals surface area contributed by atoms with Crippen molar-refractivity contribution in [3.63, 3.8) is 0 Å². The number of rotatable bonds is 7. The molecule has 0 unspecified atom stereocenters. The second-order valence-corrected chi connectivity index (χ2v) is 9.30. The van der Waals surface area contributed by atoms with Crippen LogP contribution < -0.4 is 10.2 Å². The van der Waals surface area contributed by atoms with Crippen LogP contribution in [0.5, 0.6) is 0 Å². The molecule has 0 saturated heterocycles. The number of aryl methyl sites for hydroxylation is 1. The summed E-state index contributed by atoms with van der Waals surface area (Å²) in [5, 5.41) is 3.81. The number of hydrogen-bond acceptors (Lipinski definition) is 5. The highest BCUT2D eigenvalue weighted by Gasteiger charge is 2.17. The minimum Gasteiger partial charge on any atom is -0.350 e. The molecular formula is C26H27FN4OS. The molecule has 5 nitrogen and oxygen atoms in total. The fourth-order valence-electron chi connectivity index (χ4n) is 3.55. The Morgan fingerprint density at radius 2 is 1.76 bits per heavy atom. The predicted octanol–water partition coefficient (Wildman–Crippen LogP) is 5.66. The molecule has 1 N–H and O–H groups in total. The Balaban J connectivity index is 1.55. The van der Waals surface area contributed by atoms with Gasteiger partial charge in [0.2, 0.25) is 0 Å². The molecule has 0 atom stereocenters. The highest BCUT2D eigenvalue weighted by atomic mass is 32.1. The van der Waals surface area contributed by atoms with Gasteiger partial charge in [0.05, 0.1) is 15.8 Å². The van der Waals surface area contributed by atoms with Crippen molar-refractivity contribution >= 4 is 38.3 Å². The van der Waals surface area contributed by atoms with Crippen molar-refractivity contribution in [2.24, 2.45) is 0 Å². The van der Waals surface area contributed by atoms with Gasteiger partial charge in [0.1, 0.15) is 5.82 Å². The van der Waals surface area contributed by atoms with Crippen LogP contribution in [-0.4, -0.2) is 50.0 Å². The summed E-state index contributed by atoms with van der Waals surface area (Å²) in [6, 6.07) is 18.0. The maximum atomic E-state index is 14.8. The van der Waals surface area contributed by atoms with Crippen LogP contribution in [0.25, 0.3) is 21.3 Å².